The molecule has 2 aromatic rings. The standard InChI is InChI=1S/C25H29N3O.2ClH/c1-25(2,14-8-15-26)21-12-13-23(29-3)20(17-21)18-28-22-11-7-16-27-24(22)19-9-5-4-6-10-19;;/h4-6,9-10,12-13,17,22,24,27-28H,7,11,16,18H2,1-3H3;2*1H/t22-,24-;;/m0../s1. The highest BCUT2D eigenvalue weighted by Gasteiger charge is 2.26. The van der Waals surface area contributed by atoms with Gasteiger partial charge in [-0.25, -0.2) is 0 Å². The van der Waals surface area contributed by atoms with Crippen LogP contribution in [0.15, 0.2) is 48.5 Å². The largest absolute Gasteiger partial charge is 0.496 e. The van der Waals surface area contributed by atoms with Crippen molar-refractivity contribution in [1.82, 2.24) is 10.6 Å². The van der Waals surface area contributed by atoms with E-state index in [0.29, 0.717) is 18.6 Å². The molecule has 3 rings (SSSR count). The molecule has 1 aliphatic heterocycles. The molecule has 0 saturated carbocycles. The lowest BCUT2D eigenvalue weighted by Gasteiger charge is -2.34. The summed E-state index contributed by atoms with van der Waals surface area (Å²) in [5.74, 6) is 6.45. The lowest BCUT2D eigenvalue weighted by molar-refractivity contribution is 0.302. The zero-order valence-corrected chi connectivity index (χ0v) is 19.9. The van der Waals surface area contributed by atoms with Crippen LogP contribution in [0.25, 0.3) is 0 Å². The highest BCUT2D eigenvalue weighted by molar-refractivity contribution is 5.85. The molecule has 166 valence electrons. The van der Waals surface area contributed by atoms with Gasteiger partial charge in [-0.3, -0.25) is 0 Å². The van der Waals surface area contributed by atoms with E-state index in [4.69, 9.17) is 10.00 Å². The maximum Gasteiger partial charge on any atom is 0.152 e. The van der Waals surface area contributed by atoms with E-state index in [0.717, 1.165) is 36.3 Å². The molecule has 1 fully saturated rings. The summed E-state index contributed by atoms with van der Waals surface area (Å²) in [6.07, 6.45) is 2.29. The maximum atomic E-state index is 8.80. The van der Waals surface area contributed by atoms with Gasteiger partial charge in [0.05, 0.1) is 12.5 Å². The summed E-state index contributed by atoms with van der Waals surface area (Å²) in [7, 11) is 1.70. The second-order valence-electron chi connectivity index (χ2n) is 7.99. The van der Waals surface area contributed by atoms with Crippen LogP contribution in [-0.2, 0) is 12.0 Å². The predicted molar refractivity (Wildman–Crippen MR) is 131 cm³/mol. The minimum absolute atomic E-state index is 0. The Morgan fingerprint density at radius 3 is 2.58 bits per heavy atom. The molecular weight excluding hydrogens is 429 g/mol. The average Bonchev–Trinajstić information content (AvgIpc) is 2.77. The summed E-state index contributed by atoms with van der Waals surface area (Å²) in [6.45, 7) is 5.83. The molecular formula is C25H31Cl2N3O. The van der Waals surface area contributed by atoms with E-state index in [2.05, 4.69) is 58.9 Å². The number of piperidine rings is 1. The molecule has 0 spiro atoms. The number of ether oxygens (including phenoxy) is 1. The highest BCUT2D eigenvalue weighted by Crippen LogP contribution is 2.29. The molecule has 2 N–H and O–H groups in total. The van der Waals surface area contributed by atoms with Gasteiger partial charge in [0.1, 0.15) is 5.75 Å². The molecule has 0 amide bonds. The lowest BCUT2D eigenvalue weighted by Crippen LogP contribution is -2.45. The van der Waals surface area contributed by atoms with Gasteiger partial charge in [-0.15, -0.1) is 24.8 Å². The number of hydrogen-bond donors (Lipinski definition) is 2. The topological polar surface area (TPSA) is 57.1 Å². The summed E-state index contributed by atoms with van der Waals surface area (Å²) < 4.78 is 5.60. The number of hydrogen-bond acceptors (Lipinski definition) is 4. The number of nitrogens with zero attached hydrogens (tertiary/aromatic N) is 1. The summed E-state index contributed by atoms with van der Waals surface area (Å²) in [5, 5.41) is 16.2. The lowest BCUT2D eigenvalue weighted by atomic mass is 9.84. The van der Waals surface area contributed by atoms with Gasteiger partial charge in [0, 0.05) is 30.1 Å². The first-order valence-electron chi connectivity index (χ1n) is 10.2. The van der Waals surface area contributed by atoms with Gasteiger partial charge in [0.25, 0.3) is 0 Å². The van der Waals surface area contributed by atoms with Crippen molar-refractivity contribution >= 4 is 24.8 Å². The number of rotatable bonds is 6. The van der Waals surface area contributed by atoms with Crippen LogP contribution >= 0.6 is 24.8 Å². The van der Waals surface area contributed by atoms with E-state index in [1.807, 2.05) is 32.0 Å². The fraction of sp³-hybridized carbons (Fsp3) is 0.400. The molecule has 1 heterocycles. The molecule has 1 saturated heterocycles. The van der Waals surface area contributed by atoms with Crippen LogP contribution in [0, 0.1) is 23.2 Å². The van der Waals surface area contributed by atoms with Crippen LogP contribution in [0.5, 0.6) is 5.75 Å². The van der Waals surface area contributed by atoms with Crippen molar-refractivity contribution in [2.45, 2.75) is 50.7 Å². The number of methoxy groups -OCH3 is 1. The van der Waals surface area contributed by atoms with Crippen LogP contribution < -0.4 is 15.4 Å². The first kappa shape index (κ1) is 26.8. The van der Waals surface area contributed by atoms with E-state index in [-0.39, 0.29) is 24.8 Å². The normalized spacial score (nSPS) is 17.7. The Morgan fingerprint density at radius 2 is 1.90 bits per heavy atom. The summed E-state index contributed by atoms with van der Waals surface area (Å²) in [6, 6.07) is 19.4. The Kier molecular flexibility index (Phi) is 10.9. The van der Waals surface area contributed by atoms with Gasteiger partial charge >= 0.3 is 0 Å². The first-order valence-corrected chi connectivity index (χ1v) is 10.2. The second-order valence-corrected chi connectivity index (χ2v) is 7.99. The van der Waals surface area contributed by atoms with Crippen LogP contribution in [0.4, 0.5) is 0 Å². The number of nitrogens with one attached hydrogen (secondary N) is 2. The fourth-order valence-electron chi connectivity index (χ4n) is 3.92. The summed E-state index contributed by atoms with van der Waals surface area (Å²) in [4.78, 5) is 0. The molecule has 2 atom stereocenters. The fourth-order valence-corrected chi connectivity index (χ4v) is 3.92. The number of benzene rings is 2. The smallest absolute Gasteiger partial charge is 0.152 e. The Morgan fingerprint density at radius 1 is 1.16 bits per heavy atom. The van der Waals surface area contributed by atoms with Gasteiger partial charge < -0.3 is 15.4 Å². The SMILES string of the molecule is COc1ccc(C(C)(C)C#CC#N)cc1CN[C@H]1CCCN[C@H]1c1ccccc1.Cl.Cl. The molecule has 0 radical (unpaired) electrons. The van der Waals surface area contributed by atoms with Crippen molar-refractivity contribution in [2.24, 2.45) is 0 Å². The van der Waals surface area contributed by atoms with Gasteiger partial charge in [0.2, 0.25) is 0 Å². The number of nitriles is 1. The van der Waals surface area contributed by atoms with Crippen LogP contribution in [0.1, 0.15) is 49.4 Å². The van der Waals surface area contributed by atoms with E-state index < -0.39 is 5.41 Å². The third-order valence-corrected chi connectivity index (χ3v) is 5.60. The Hall–Kier alpha value is -2.21. The van der Waals surface area contributed by atoms with Crippen molar-refractivity contribution in [3.63, 3.8) is 0 Å². The monoisotopic (exact) mass is 459 g/mol. The van der Waals surface area contributed by atoms with Crippen LogP contribution in [-0.4, -0.2) is 19.7 Å². The quantitative estimate of drug-likeness (QED) is 0.601. The average molecular weight is 460 g/mol. The van der Waals surface area contributed by atoms with Gasteiger partial charge in [-0.05, 0) is 56.5 Å². The van der Waals surface area contributed by atoms with Crippen molar-refractivity contribution in [3.05, 3.63) is 65.2 Å². The molecule has 4 nitrogen and oxygen atoms in total. The van der Waals surface area contributed by atoms with Gasteiger partial charge in [-0.1, -0.05) is 42.3 Å². The minimum Gasteiger partial charge on any atom is -0.496 e. The predicted octanol–water partition coefficient (Wildman–Crippen LogP) is 4.93. The third kappa shape index (κ3) is 6.89. The van der Waals surface area contributed by atoms with Crippen LogP contribution in [0.3, 0.4) is 0 Å². The van der Waals surface area contributed by atoms with Gasteiger partial charge in [0.15, 0.2) is 6.07 Å². The molecule has 0 bridgehead atoms. The van der Waals surface area contributed by atoms with Gasteiger partial charge in [-0.2, -0.15) is 5.26 Å². The van der Waals surface area contributed by atoms with E-state index >= 15 is 0 Å². The molecule has 6 heteroatoms. The molecule has 0 aliphatic carbocycles. The van der Waals surface area contributed by atoms with Crippen molar-refractivity contribution < 1.29 is 4.74 Å². The Balaban J connectivity index is 0.00000240. The van der Waals surface area contributed by atoms with E-state index in [1.54, 1.807) is 7.11 Å². The van der Waals surface area contributed by atoms with Crippen molar-refractivity contribution in [3.8, 4) is 23.7 Å². The third-order valence-electron chi connectivity index (χ3n) is 5.60. The molecule has 2 aromatic carbocycles. The highest BCUT2D eigenvalue weighted by atomic mass is 35.5. The van der Waals surface area contributed by atoms with E-state index in [9.17, 15) is 0 Å². The Labute approximate surface area is 198 Å². The maximum absolute atomic E-state index is 8.80. The van der Waals surface area contributed by atoms with Crippen molar-refractivity contribution in [1.29, 1.82) is 5.26 Å². The molecule has 31 heavy (non-hydrogen) atoms. The summed E-state index contributed by atoms with van der Waals surface area (Å²) >= 11 is 0. The van der Waals surface area contributed by atoms with E-state index in [1.165, 1.54) is 5.56 Å². The second kappa shape index (κ2) is 12.6. The van der Waals surface area contributed by atoms with Crippen LogP contribution in [0.2, 0.25) is 0 Å². The zero-order chi connectivity index (χ0) is 20.7. The Bertz CT molecular complexity index is 929. The van der Waals surface area contributed by atoms with Crippen molar-refractivity contribution in [2.75, 3.05) is 13.7 Å². The molecule has 0 unspecified atom stereocenters. The number of halogens is 2. The summed E-state index contributed by atoms with van der Waals surface area (Å²) in [5.41, 5.74) is 3.11. The molecule has 1 aliphatic rings. The molecule has 0 aromatic heterocycles. The minimum atomic E-state index is -0.393. The first-order chi connectivity index (χ1) is 14.0. The zero-order valence-electron chi connectivity index (χ0n) is 18.3.